The Bertz CT molecular complexity index is 735. The minimum absolute atomic E-state index is 0.167. The molecule has 1 heterocycles. The van der Waals surface area contributed by atoms with E-state index in [9.17, 15) is 4.79 Å². The molecule has 6 heteroatoms. The molecule has 2 aliphatic rings. The Morgan fingerprint density at radius 2 is 1.76 bits per heavy atom. The molecule has 2 N–H and O–H groups in total. The van der Waals surface area contributed by atoms with Gasteiger partial charge in [-0.05, 0) is 57.9 Å². The Kier molecular flexibility index (Phi) is 9.99. The van der Waals surface area contributed by atoms with Crippen LogP contribution in [0.2, 0.25) is 0 Å². The number of benzene rings is 1. The first-order valence-corrected chi connectivity index (χ1v) is 13.3. The van der Waals surface area contributed by atoms with Gasteiger partial charge in [-0.15, -0.1) is 0 Å². The van der Waals surface area contributed by atoms with Gasteiger partial charge in [0.1, 0.15) is 5.60 Å². The molecule has 0 bridgehead atoms. The number of carbonyl (C=O) groups is 1. The number of piperidine rings is 1. The number of hydrogen-bond donors (Lipinski definition) is 2. The lowest BCUT2D eigenvalue weighted by atomic mass is 9.85. The van der Waals surface area contributed by atoms with Crippen molar-refractivity contribution in [2.24, 2.45) is 5.92 Å². The number of carbonyl (C=O) groups excluding carboxylic acids is 1. The fourth-order valence-electron chi connectivity index (χ4n) is 4.98. The molecular weight excluding hydrogens is 430 g/mol. The lowest BCUT2D eigenvalue weighted by Gasteiger charge is -2.34. The third kappa shape index (κ3) is 9.62. The van der Waals surface area contributed by atoms with E-state index in [0.29, 0.717) is 6.04 Å². The highest BCUT2D eigenvalue weighted by molar-refractivity contribution is 7.80. The summed E-state index contributed by atoms with van der Waals surface area (Å²) in [5.41, 5.74) is 0.849. The van der Waals surface area contributed by atoms with Crippen LogP contribution >= 0.6 is 12.2 Å². The number of nitrogens with one attached hydrogen (secondary N) is 2. The zero-order valence-electron chi connectivity index (χ0n) is 20.8. The second kappa shape index (κ2) is 12.7. The van der Waals surface area contributed by atoms with Gasteiger partial charge in [0.25, 0.3) is 0 Å². The van der Waals surface area contributed by atoms with Crippen molar-refractivity contribution in [2.75, 3.05) is 13.1 Å². The number of alkyl carbamates (subject to hydrolysis) is 1. The highest BCUT2D eigenvalue weighted by atomic mass is 32.1. The highest BCUT2D eigenvalue weighted by Crippen LogP contribution is 2.28. The van der Waals surface area contributed by atoms with E-state index in [1.54, 1.807) is 0 Å². The first-order valence-electron chi connectivity index (χ1n) is 12.8. The summed E-state index contributed by atoms with van der Waals surface area (Å²) in [6.45, 7) is 8.79. The topological polar surface area (TPSA) is 53.6 Å². The second-order valence-electron chi connectivity index (χ2n) is 10.8. The molecule has 1 amide bonds. The number of hydrogen-bond acceptors (Lipinski definition) is 4. The molecular formula is C27H43N3O2S. The Morgan fingerprint density at radius 1 is 1.09 bits per heavy atom. The van der Waals surface area contributed by atoms with Crippen molar-refractivity contribution in [2.45, 2.75) is 103 Å². The maximum absolute atomic E-state index is 12.5. The van der Waals surface area contributed by atoms with Gasteiger partial charge in [-0.2, -0.15) is 0 Å². The van der Waals surface area contributed by atoms with E-state index in [1.807, 2.05) is 20.8 Å². The molecule has 1 unspecified atom stereocenters. The second-order valence-corrected chi connectivity index (χ2v) is 11.3. The molecule has 1 saturated heterocycles. The van der Waals surface area contributed by atoms with Crippen LogP contribution in [0.3, 0.4) is 0 Å². The molecule has 0 aromatic heterocycles. The Balaban J connectivity index is 1.49. The molecule has 1 aromatic rings. The Labute approximate surface area is 206 Å². The average molecular weight is 474 g/mol. The molecule has 1 aliphatic heterocycles. The summed E-state index contributed by atoms with van der Waals surface area (Å²) in [6.07, 6.45) is 10.4. The van der Waals surface area contributed by atoms with Gasteiger partial charge in [0, 0.05) is 25.7 Å². The van der Waals surface area contributed by atoms with Crippen molar-refractivity contribution in [3.63, 3.8) is 0 Å². The lowest BCUT2D eigenvalue weighted by Crippen LogP contribution is -2.52. The van der Waals surface area contributed by atoms with Crippen molar-refractivity contribution < 1.29 is 9.53 Å². The maximum Gasteiger partial charge on any atom is 0.408 e. The number of rotatable bonds is 8. The van der Waals surface area contributed by atoms with Crippen LogP contribution in [0, 0.1) is 5.92 Å². The predicted molar refractivity (Wildman–Crippen MR) is 139 cm³/mol. The fourth-order valence-corrected chi connectivity index (χ4v) is 5.32. The monoisotopic (exact) mass is 473 g/mol. The van der Waals surface area contributed by atoms with Gasteiger partial charge in [-0.25, -0.2) is 4.79 Å². The van der Waals surface area contributed by atoms with Gasteiger partial charge < -0.3 is 15.4 Å². The summed E-state index contributed by atoms with van der Waals surface area (Å²) in [4.78, 5) is 15.8. The van der Waals surface area contributed by atoms with Gasteiger partial charge in [-0.1, -0.05) is 74.7 Å². The minimum Gasteiger partial charge on any atom is -0.444 e. The van der Waals surface area contributed by atoms with Crippen LogP contribution in [-0.4, -0.2) is 46.8 Å². The van der Waals surface area contributed by atoms with Gasteiger partial charge in [0.05, 0.1) is 11.0 Å². The van der Waals surface area contributed by atoms with Crippen molar-refractivity contribution >= 4 is 23.3 Å². The molecule has 1 aromatic carbocycles. The number of amides is 1. The molecule has 1 saturated carbocycles. The van der Waals surface area contributed by atoms with E-state index in [-0.39, 0.29) is 12.1 Å². The van der Waals surface area contributed by atoms with Crippen molar-refractivity contribution in [3.05, 3.63) is 35.9 Å². The smallest absolute Gasteiger partial charge is 0.408 e. The van der Waals surface area contributed by atoms with Crippen molar-refractivity contribution in [3.8, 4) is 0 Å². The zero-order valence-corrected chi connectivity index (χ0v) is 21.6. The van der Waals surface area contributed by atoms with E-state index >= 15 is 0 Å². The number of likely N-dealkylation sites (tertiary alicyclic amines) is 1. The van der Waals surface area contributed by atoms with Crippen LogP contribution in [0.4, 0.5) is 4.79 Å². The third-order valence-electron chi connectivity index (χ3n) is 6.78. The molecule has 1 aliphatic carbocycles. The van der Waals surface area contributed by atoms with Gasteiger partial charge >= 0.3 is 6.09 Å². The molecule has 33 heavy (non-hydrogen) atoms. The third-order valence-corrected chi connectivity index (χ3v) is 7.18. The molecule has 5 nitrogen and oxygen atoms in total. The van der Waals surface area contributed by atoms with Gasteiger partial charge in [0.15, 0.2) is 0 Å². The maximum atomic E-state index is 12.5. The lowest BCUT2D eigenvalue weighted by molar-refractivity contribution is 0.0514. The first-order chi connectivity index (χ1) is 15.8. The van der Waals surface area contributed by atoms with Crippen molar-refractivity contribution in [1.29, 1.82) is 0 Å². The standard InChI is InChI=1S/C27H43N3O2S/c1-27(2,3)32-26(31)29-24(15-14-21-10-6-4-7-11-21)25(33)28-23-16-18-30(19-17-23)20-22-12-8-5-9-13-22/h5,8-9,12-13,21,23-24H,4,6-7,10-11,14-20H2,1-3H3,(H,28,33)(H,29,31). The highest BCUT2D eigenvalue weighted by Gasteiger charge is 2.26. The number of nitrogens with zero attached hydrogens (tertiary/aromatic N) is 1. The molecule has 2 fully saturated rings. The van der Waals surface area contributed by atoms with Crippen LogP contribution in [0.5, 0.6) is 0 Å². The van der Waals surface area contributed by atoms with E-state index in [4.69, 9.17) is 17.0 Å². The zero-order chi connectivity index (χ0) is 23.7. The molecule has 1 atom stereocenters. The summed E-state index contributed by atoms with van der Waals surface area (Å²) < 4.78 is 5.53. The van der Waals surface area contributed by atoms with Gasteiger partial charge in [0.2, 0.25) is 0 Å². The SMILES string of the molecule is CC(C)(C)OC(=O)NC(CCC1CCCCC1)C(=S)NC1CCN(Cc2ccccc2)CC1. The summed E-state index contributed by atoms with van der Waals surface area (Å²) in [7, 11) is 0. The molecule has 0 spiro atoms. The largest absolute Gasteiger partial charge is 0.444 e. The summed E-state index contributed by atoms with van der Waals surface area (Å²) in [5.74, 6) is 0.755. The number of thiocarbonyl (C=S) groups is 1. The normalized spacial score (nSPS) is 19.6. The van der Waals surface area contributed by atoms with E-state index in [0.717, 1.165) is 56.2 Å². The van der Waals surface area contributed by atoms with Crippen LogP contribution in [0.25, 0.3) is 0 Å². The minimum atomic E-state index is -0.515. The average Bonchev–Trinajstić information content (AvgIpc) is 2.78. The first kappa shape index (κ1) is 26.0. The molecule has 184 valence electrons. The predicted octanol–water partition coefficient (Wildman–Crippen LogP) is 5.82. The van der Waals surface area contributed by atoms with Crippen LogP contribution < -0.4 is 10.6 Å². The van der Waals surface area contributed by atoms with Crippen LogP contribution in [-0.2, 0) is 11.3 Å². The molecule has 3 rings (SSSR count). The van der Waals surface area contributed by atoms with Crippen molar-refractivity contribution in [1.82, 2.24) is 15.5 Å². The summed E-state index contributed by atoms with van der Waals surface area (Å²) in [5, 5.41) is 6.66. The quantitative estimate of drug-likeness (QED) is 0.466. The summed E-state index contributed by atoms with van der Waals surface area (Å²) >= 11 is 5.82. The Hall–Kier alpha value is -1.66. The van der Waals surface area contributed by atoms with Crippen LogP contribution in [0.15, 0.2) is 30.3 Å². The number of ether oxygens (including phenoxy) is 1. The van der Waals surface area contributed by atoms with E-state index in [2.05, 4.69) is 45.9 Å². The van der Waals surface area contributed by atoms with E-state index < -0.39 is 5.60 Å². The molecule has 0 radical (unpaired) electrons. The Morgan fingerprint density at radius 3 is 2.39 bits per heavy atom. The fraction of sp³-hybridized carbons (Fsp3) is 0.704. The van der Waals surface area contributed by atoms with Gasteiger partial charge in [-0.3, -0.25) is 4.90 Å². The van der Waals surface area contributed by atoms with E-state index in [1.165, 1.54) is 37.7 Å². The van der Waals surface area contributed by atoms with Crippen LogP contribution in [0.1, 0.15) is 84.1 Å². The summed E-state index contributed by atoms with van der Waals surface area (Å²) in [6, 6.07) is 10.9.